The van der Waals surface area contributed by atoms with Crippen molar-refractivity contribution in [1.82, 2.24) is 14.1 Å². The van der Waals surface area contributed by atoms with Gasteiger partial charge >= 0.3 is 17.3 Å². The summed E-state index contributed by atoms with van der Waals surface area (Å²) in [6, 6.07) is 11.1. The molecule has 0 radical (unpaired) electrons. The lowest BCUT2D eigenvalue weighted by atomic mass is 10.2. The van der Waals surface area contributed by atoms with Crippen molar-refractivity contribution in [2.75, 3.05) is 6.61 Å². The number of imidazole rings is 1. The summed E-state index contributed by atoms with van der Waals surface area (Å²) in [5.74, 6) is -0.507. The van der Waals surface area contributed by atoms with Crippen LogP contribution >= 0.6 is 23.2 Å². The number of halogens is 3. The van der Waals surface area contributed by atoms with E-state index in [2.05, 4.69) is 4.98 Å². The normalized spacial score (nSPS) is 11.3. The van der Waals surface area contributed by atoms with E-state index in [1.165, 1.54) is 23.7 Å². The molecule has 33 heavy (non-hydrogen) atoms. The van der Waals surface area contributed by atoms with Gasteiger partial charge in [0.15, 0.2) is 0 Å². The van der Waals surface area contributed by atoms with Crippen molar-refractivity contribution in [2.45, 2.75) is 19.5 Å². The Morgan fingerprint density at radius 2 is 1.88 bits per heavy atom. The van der Waals surface area contributed by atoms with Crippen molar-refractivity contribution in [1.29, 1.82) is 0 Å². The van der Waals surface area contributed by atoms with Crippen LogP contribution in [0.1, 0.15) is 12.0 Å². The third-order valence-corrected chi connectivity index (χ3v) is 5.72. The van der Waals surface area contributed by atoms with Gasteiger partial charge in [-0.2, -0.15) is 9.55 Å². The van der Waals surface area contributed by atoms with Crippen LogP contribution in [0.4, 0.5) is 4.39 Å². The van der Waals surface area contributed by atoms with E-state index in [1.807, 2.05) is 0 Å². The minimum atomic E-state index is -0.659. The third-order valence-electron chi connectivity index (χ3n) is 5.17. The Kier molecular flexibility index (Phi) is 6.55. The Morgan fingerprint density at radius 1 is 1.15 bits per heavy atom. The molecule has 2 aromatic carbocycles. The maximum atomic E-state index is 14.0. The standard InChI is InChI=1S/C22H19Cl2FN4O4/c1-27-19-18(20(31)28(22(27)32)9-2-10-30)29(12-13-3-5-14(23)6-4-13)21(26-19)33-15-7-8-16(24)17(25)11-15/h3-8,11,30H,2,9-10,12H2,1H3/p+1. The molecule has 0 unspecified atom stereocenters. The number of aryl methyl sites for hydroxylation is 1. The minimum Gasteiger partial charge on any atom is -0.396 e. The van der Waals surface area contributed by atoms with Gasteiger partial charge in [0, 0.05) is 31.3 Å². The lowest BCUT2D eigenvalue weighted by Crippen LogP contribution is -2.45. The number of aliphatic hydroxyl groups is 1. The first-order valence-corrected chi connectivity index (χ1v) is 10.8. The van der Waals surface area contributed by atoms with Crippen molar-refractivity contribution < 1.29 is 18.8 Å². The van der Waals surface area contributed by atoms with Crippen LogP contribution in [-0.2, 0) is 20.1 Å². The Balaban J connectivity index is 1.93. The summed E-state index contributed by atoms with van der Waals surface area (Å²) in [4.78, 5) is 29.0. The number of nitrogens with one attached hydrogen (secondary N) is 1. The molecule has 2 N–H and O–H groups in total. The topological polar surface area (TPSA) is 93.1 Å². The number of hydrogen-bond acceptors (Lipinski definition) is 4. The summed E-state index contributed by atoms with van der Waals surface area (Å²) in [7, 11) is 1.52. The number of nitrogens with zero attached hydrogens (tertiary/aromatic N) is 3. The van der Waals surface area contributed by atoms with Gasteiger partial charge in [0.1, 0.15) is 18.1 Å². The molecule has 4 rings (SSSR count). The second-order valence-electron chi connectivity index (χ2n) is 7.39. The van der Waals surface area contributed by atoms with Crippen LogP contribution in [0.15, 0.2) is 52.1 Å². The molecule has 0 bridgehead atoms. The molecule has 2 aromatic heterocycles. The Bertz CT molecular complexity index is 1440. The first-order valence-electron chi connectivity index (χ1n) is 10.0. The van der Waals surface area contributed by atoms with Crippen LogP contribution in [0.5, 0.6) is 11.8 Å². The second-order valence-corrected chi connectivity index (χ2v) is 8.24. The number of hydrogen-bond donors (Lipinski definition) is 2. The summed E-state index contributed by atoms with van der Waals surface area (Å²) in [5.41, 5.74) is 0.166. The van der Waals surface area contributed by atoms with Gasteiger partial charge in [0.2, 0.25) is 0 Å². The highest BCUT2D eigenvalue weighted by atomic mass is 35.5. The second kappa shape index (κ2) is 9.38. The molecule has 0 aliphatic rings. The lowest BCUT2D eigenvalue weighted by molar-refractivity contribution is -0.667. The van der Waals surface area contributed by atoms with Crippen molar-refractivity contribution in [3.63, 3.8) is 0 Å². The highest BCUT2D eigenvalue weighted by Crippen LogP contribution is 2.24. The number of benzene rings is 2. The number of rotatable bonds is 7. The van der Waals surface area contributed by atoms with Gasteiger partial charge in [-0.25, -0.2) is 9.18 Å². The molecule has 172 valence electrons. The van der Waals surface area contributed by atoms with E-state index in [0.29, 0.717) is 5.02 Å². The van der Waals surface area contributed by atoms with E-state index >= 15 is 0 Å². The third kappa shape index (κ3) is 4.52. The predicted octanol–water partition coefficient (Wildman–Crippen LogP) is 2.98. The highest BCUT2D eigenvalue weighted by molar-refractivity contribution is 6.30. The molecule has 0 aliphatic carbocycles. The molecule has 0 atom stereocenters. The van der Waals surface area contributed by atoms with Gasteiger partial charge in [-0.1, -0.05) is 35.3 Å². The fourth-order valence-electron chi connectivity index (χ4n) is 3.49. The lowest BCUT2D eigenvalue weighted by Gasteiger charge is -2.07. The first kappa shape index (κ1) is 23.0. The van der Waals surface area contributed by atoms with Gasteiger partial charge in [-0.05, 0) is 36.2 Å². The first-order chi connectivity index (χ1) is 15.8. The number of fused-ring (bicyclic) bond motifs is 1. The zero-order chi connectivity index (χ0) is 23.7. The Hall–Kier alpha value is -3.14. The van der Waals surface area contributed by atoms with Crippen molar-refractivity contribution >= 4 is 34.4 Å². The van der Waals surface area contributed by atoms with Gasteiger partial charge < -0.3 is 9.84 Å². The van der Waals surface area contributed by atoms with E-state index in [1.54, 1.807) is 28.8 Å². The Labute approximate surface area is 197 Å². The van der Waals surface area contributed by atoms with Crippen molar-refractivity contribution in [3.8, 4) is 11.8 Å². The SMILES string of the molecule is Cn1c(=O)n(CCCO)c(=O)c2c1[nH]c(Oc1ccc(Cl)c(F)c1)[n+]2Cc1ccc(Cl)cc1. The summed E-state index contributed by atoms with van der Waals surface area (Å²) in [5, 5.41) is 9.67. The van der Waals surface area contributed by atoms with Gasteiger partial charge in [0.05, 0.1) is 5.02 Å². The quantitative estimate of drug-likeness (QED) is 0.387. The summed E-state index contributed by atoms with van der Waals surface area (Å²) < 4.78 is 23.8. The maximum absolute atomic E-state index is 14.0. The number of ether oxygens (including phenoxy) is 1. The van der Waals surface area contributed by atoms with Crippen LogP contribution in [-0.4, -0.2) is 25.8 Å². The van der Waals surface area contributed by atoms with Crippen molar-refractivity contribution in [2.24, 2.45) is 7.05 Å². The molecule has 0 spiro atoms. The van der Waals surface area contributed by atoms with E-state index in [4.69, 9.17) is 33.0 Å². The minimum absolute atomic E-state index is 0.0535. The smallest absolute Gasteiger partial charge is 0.396 e. The van der Waals surface area contributed by atoms with Crippen molar-refractivity contribution in [3.05, 3.63) is 84.7 Å². The number of aliphatic hydroxyl groups excluding tert-OH is 1. The van der Waals surface area contributed by atoms with Crippen LogP contribution in [0.25, 0.3) is 11.2 Å². The average molecular weight is 494 g/mol. The monoisotopic (exact) mass is 493 g/mol. The summed E-state index contributed by atoms with van der Waals surface area (Å²) in [6.07, 6.45) is 0.246. The van der Waals surface area contributed by atoms with Crippen LogP contribution in [0.3, 0.4) is 0 Å². The van der Waals surface area contributed by atoms with Gasteiger partial charge in [0.25, 0.3) is 11.2 Å². The van der Waals surface area contributed by atoms with E-state index in [9.17, 15) is 14.0 Å². The zero-order valence-electron chi connectivity index (χ0n) is 17.5. The van der Waals surface area contributed by atoms with Gasteiger partial charge in [-0.15, -0.1) is 0 Å². The summed E-state index contributed by atoms with van der Waals surface area (Å²) in [6.45, 7) is 0.0979. The average Bonchev–Trinajstić information content (AvgIpc) is 3.14. The molecule has 0 saturated heterocycles. The number of aromatic nitrogens is 4. The fraction of sp³-hybridized carbons (Fsp3) is 0.227. The predicted molar refractivity (Wildman–Crippen MR) is 122 cm³/mol. The fourth-order valence-corrected chi connectivity index (χ4v) is 3.73. The maximum Gasteiger partial charge on any atom is 0.462 e. The highest BCUT2D eigenvalue weighted by Gasteiger charge is 2.28. The van der Waals surface area contributed by atoms with Crippen LogP contribution in [0.2, 0.25) is 10.0 Å². The molecular formula is C22H20Cl2FN4O4+. The zero-order valence-corrected chi connectivity index (χ0v) is 19.0. The largest absolute Gasteiger partial charge is 0.462 e. The summed E-state index contributed by atoms with van der Waals surface area (Å²) >= 11 is 11.8. The molecule has 11 heteroatoms. The van der Waals surface area contributed by atoms with E-state index < -0.39 is 17.1 Å². The van der Waals surface area contributed by atoms with Crippen LogP contribution < -0.4 is 20.6 Å². The number of H-pyrrole nitrogens is 1. The molecular weight excluding hydrogens is 474 g/mol. The molecule has 0 saturated carbocycles. The van der Waals surface area contributed by atoms with E-state index in [-0.39, 0.29) is 54.1 Å². The molecule has 4 aromatic rings. The molecule has 0 amide bonds. The molecule has 2 heterocycles. The molecule has 8 nitrogen and oxygen atoms in total. The Morgan fingerprint density at radius 3 is 2.55 bits per heavy atom. The molecule has 0 aliphatic heterocycles. The van der Waals surface area contributed by atoms with Gasteiger partial charge in [-0.3, -0.25) is 13.9 Å². The number of aromatic amines is 1. The van der Waals surface area contributed by atoms with E-state index in [0.717, 1.165) is 16.2 Å². The molecule has 0 fully saturated rings. The van der Waals surface area contributed by atoms with Crippen LogP contribution in [0, 0.1) is 5.82 Å².